The monoisotopic (exact) mass is 384 g/mol. The molecule has 2 N–H and O–H groups in total. The minimum Gasteiger partial charge on any atom is -0.385 e. The van der Waals surface area contributed by atoms with Crippen LogP contribution in [-0.2, 0) is 0 Å². The highest BCUT2D eigenvalue weighted by Gasteiger charge is 2.16. The quantitative estimate of drug-likeness (QED) is 0.744. The van der Waals surface area contributed by atoms with Crippen LogP contribution in [0.5, 0.6) is 0 Å². The SMILES string of the molecule is Cc1cc(N)n(-c2c(Br)cc(C(C)C)cc2Br)c1C. The molecule has 102 valence electrons. The van der Waals surface area contributed by atoms with Crippen LogP contribution in [0.25, 0.3) is 5.69 Å². The van der Waals surface area contributed by atoms with Gasteiger partial charge in [0.05, 0.1) is 5.69 Å². The second-order valence-corrected chi connectivity index (χ2v) is 6.87. The summed E-state index contributed by atoms with van der Waals surface area (Å²) in [5.74, 6) is 1.25. The third-order valence-electron chi connectivity index (χ3n) is 3.46. The van der Waals surface area contributed by atoms with Gasteiger partial charge in [-0.3, -0.25) is 4.57 Å². The Balaban J connectivity index is 2.70. The van der Waals surface area contributed by atoms with Gasteiger partial charge >= 0.3 is 0 Å². The molecule has 0 aliphatic rings. The van der Waals surface area contributed by atoms with Crippen molar-refractivity contribution >= 4 is 37.7 Å². The van der Waals surface area contributed by atoms with Crippen LogP contribution in [0, 0.1) is 13.8 Å². The van der Waals surface area contributed by atoms with Gasteiger partial charge < -0.3 is 5.73 Å². The lowest BCUT2D eigenvalue weighted by Gasteiger charge is -2.16. The van der Waals surface area contributed by atoms with Gasteiger partial charge in [0, 0.05) is 14.6 Å². The Morgan fingerprint density at radius 2 is 1.58 bits per heavy atom. The minimum atomic E-state index is 0.492. The van der Waals surface area contributed by atoms with Crippen molar-refractivity contribution in [3.05, 3.63) is 44.0 Å². The number of benzene rings is 1. The van der Waals surface area contributed by atoms with Gasteiger partial charge in [0.25, 0.3) is 0 Å². The predicted molar refractivity (Wildman–Crippen MR) is 89.1 cm³/mol. The molecule has 1 aromatic heterocycles. The number of hydrogen-bond acceptors (Lipinski definition) is 1. The molecule has 19 heavy (non-hydrogen) atoms. The molecule has 0 aliphatic carbocycles. The van der Waals surface area contributed by atoms with Crippen LogP contribution >= 0.6 is 31.9 Å². The number of nitrogen functional groups attached to an aromatic ring is 1. The van der Waals surface area contributed by atoms with Crippen LogP contribution < -0.4 is 5.73 Å². The highest BCUT2D eigenvalue weighted by Crippen LogP contribution is 2.36. The van der Waals surface area contributed by atoms with Gasteiger partial charge in [-0.25, -0.2) is 0 Å². The Kier molecular flexibility index (Phi) is 4.11. The molecule has 0 fully saturated rings. The first kappa shape index (κ1) is 14.7. The van der Waals surface area contributed by atoms with Crippen LogP contribution in [-0.4, -0.2) is 4.57 Å². The number of anilines is 1. The third-order valence-corrected chi connectivity index (χ3v) is 4.67. The molecule has 2 rings (SSSR count). The zero-order chi connectivity index (χ0) is 14.3. The maximum Gasteiger partial charge on any atom is 0.108 e. The molecule has 0 bridgehead atoms. The van der Waals surface area contributed by atoms with E-state index in [0.29, 0.717) is 5.92 Å². The van der Waals surface area contributed by atoms with Crippen molar-refractivity contribution in [2.45, 2.75) is 33.6 Å². The fraction of sp³-hybridized carbons (Fsp3) is 0.333. The first-order valence-electron chi connectivity index (χ1n) is 6.26. The van der Waals surface area contributed by atoms with Gasteiger partial charge in [0.2, 0.25) is 0 Å². The Morgan fingerprint density at radius 3 is 1.95 bits per heavy atom. The molecule has 0 aliphatic heterocycles. The van der Waals surface area contributed by atoms with Gasteiger partial charge in [-0.15, -0.1) is 0 Å². The molecule has 1 aromatic carbocycles. The number of aromatic nitrogens is 1. The van der Waals surface area contributed by atoms with Crippen molar-refractivity contribution in [3.8, 4) is 5.69 Å². The zero-order valence-electron chi connectivity index (χ0n) is 11.6. The smallest absolute Gasteiger partial charge is 0.108 e. The van der Waals surface area contributed by atoms with E-state index in [9.17, 15) is 0 Å². The molecule has 0 saturated carbocycles. The number of halogens is 2. The van der Waals surface area contributed by atoms with E-state index in [2.05, 4.69) is 76.3 Å². The normalized spacial score (nSPS) is 11.3. The van der Waals surface area contributed by atoms with Crippen molar-refractivity contribution in [2.24, 2.45) is 0 Å². The first-order chi connectivity index (χ1) is 8.82. The summed E-state index contributed by atoms with van der Waals surface area (Å²) in [5, 5.41) is 0. The second-order valence-electron chi connectivity index (χ2n) is 5.16. The summed E-state index contributed by atoms with van der Waals surface area (Å²) in [4.78, 5) is 0. The van der Waals surface area contributed by atoms with E-state index in [1.807, 2.05) is 6.07 Å². The second kappa shape index (κ2) is 5.33. The molecule has 0 amide bonds. The Labute approximate surface area is 131 Å². The molecule has 0 radical (unpaired) electrons. The average Bonchev–Trinajstić information content (AvgIpc) is 2.54. The van der Waals surface area contributed by atoms with Gasteiger partial charge in [-0.2, -0.15) is 0 Å². The van der Waals surface area contributed by atoms with E-state index in [-0.39, 0.29) is 0 Å². The summed E-state index contributed by atoms with van der Waals surface area (Å²) in [6, 6.07) is 6.34. The fourth-order valence-electron chi connectivity index (χ4n) is 2.19. The van der Waals surface area contributed by atoms with Crippen molar-refractivity contribution in [3.63, 3.8) is 0 Å². The van der Waals surface area contributed by atoms with Crippen molar-refractivity contribution < 1.29 is 0 Å². The number of rotatable bonds is 2. The number of hydrogen-bond donors (Lipinski definition) is 1. The summed E-state index contributed by atoms with van der Waals surface area (Å²) in [7, 11) is 0. The largest absolute Gasteiger partial charge is 0.385 e. The maximum absolute atomic E-state index is 6.13. The van der Waals surface area contributed by atoms with Crippen LogP contribution in [0.15, 0.2) is 27.1 Å². The van der Waals surface area contributed by atoms with Crippen LogP contribution in [0.2, 0.25) is 0 Å². The molecule has 0 spiro atoms. The number of nitrogens with zero attached hydrogens (tertiary/aromatic N) is 1. The lowest BCUT2D eigenvalue weighted by molar-refractivity contribution is 0.861. The van der Waals surface area contributed by atoms with Gasteiger partial charge in [-0.05, 0) is 81.0 Å². The summed E-state index contributed by atoms with van der Waals surface area (Å²) < 4.78 is 4.18. The van der Waals surface area contributed by atoms with Crippen LogP contribution in [0.4, 0.5) is 5.82 Å². The van der Waals surface area contributed by atoms with E-state index in [1.54, 1.807) is 0 Å². The van der Waals surface area contributed by atoms with Crippen LogP contribution in [0.1, 0.15) is 36.6 Å². The molecule has 2 nitrogen and oxygen atoms in total. The van der Waals surface area contributed by atoms with Crippen molar-refractivity contribution in [2.75, 3.05) is 5.73 Å². The zero-order valence-corrected chi connectivity index (χ0v) is 14.8. The molecule has 0 saturated heterocycles. The summed E-state index contributed by atoms with van der Waals surface area (Å²) in [5.41, 5.74) is 10.8. The van der Waals surface area contributed by atoms with Crippen molar-refractivity contribution in [1.29, 1.82) is 0 Å². The molecular weight excluding hydrogens is 368 g/mol. The molecule has 0 unspecified atom stereocenters. The minimum absolute atomic E-state index is 0.492. The number of aryl methyl sites for hydroxylation is 1. The third kappa shape index (κ3) is 2.61. The highest BCUT2D eigenvalue weighted by molar-refractivity contribution is 9.11. The van der Waals surface area contributed by atoms with Gasteiger partial charge in [0.1, 0.15) is 5.82 Å². The first-order valence-corrected chi connectivity index (χ1v) is 7.85. The highest BCUT2D eigenvalue weighted by atomic mass is 79.9. The Morgan fingerprint density at radius 1 is 1.05 bits per heavy atom. The van der Waals surface area contributed by atoms with Crippen LogP contribution in [0.3, 0.4) is 0 Å². The molecule has 1 heterocycles. The van der Waals surface area contributed by atoms with E-state index < -0.39 is 0 Å². The maximum atomic E-state index is 6.13. The lowest BCUT2D eigenvalue weighted by Crippen LogP contribution is -2.04. The average molecular weight is 386 g/mol. The standard InChI is InChI=1S/C15H18Br2N2/c1-8(2)11-6-12(16)15(13(17)7-11)19-10(4)9(3)5-14(19)18/h5-8H,18H2,1-4H3. The topological polar surface area (TPSA) is 30.9 Å². The predicted octanol–water partition coefficient (Wildman–Crippen LogP) is 5.32. The van der Waals surface area contributed by atoms with Gasteiger partial charge in [0.15, 0.2) is 0 Å². The summed E-state index contributed by atoms with van der Waals surface area (Å²) in [6.07, 6.45) is 0. The number of nitrogens with two attached hydrogens (primary N) is 1. The molecule has 2 aromatic rings. The molecule has 0 atom stereocenters. The summed E-state index contributed by atoms with van der Waals surface area (Å²) in [6.45, 7) is 8.54. The Bertz CT molecular complexity index is 604. The lowest BCUT2D eigenvalue weighted by atomic mass is 10.0. The van der Waals surface area contributed by atoms with E-state index >= 15 is 0 Å². The van der Waals surface area contributed by atoms with E-state index in [4.69, 9.17) is 5.73 Å². The fourth-order valence-corrected chi connectivity index (χ4v) is 3.77. The van der Waals surface area contributed by atoms with E-state index in [0.717, 1.165) is 26.1 Å². The van der Waals surface area contributed by atoms with Gasteiger partial charge in [-0.1, -0.05) is 13.8 Å². The molecular formula is C15H18Br2N2. The molecule has 4 heteroatoms. The Hall–Kier alpha value is -0.740. The summed E-state index contributed by atoms with van der Waals surface area (Å²) >= 11 is 7.35. The van der Waals surface area contributed by atoms with E-state index in [1.165, 1.54) is 11.1 Å². The van der Waals surface area contributed by atoms with Crippen molar-refractivity contribution in [1.82, 2.24) is 4.57 Å².